The van der Waals surface area contributed by atoms with Gasteiger partial charge < -0.3 is 0 Å². The maximum Gasteiger partial charge on any atom is 0.158 e. The lowest BCUT2D eigenvalue weighted by atomic mass is 9.91. The number of halogens is 1. The molecular formula is C24H26BrNO. The summed E-state index contributed by atoms with van der Waals surface area (Å²) in [4.78, 5) is 15.1. The molecule has 0 radical (unpaired) electrons. The molecule has 1 aliphatic heterocycles. The first kappa shape index (κ1) is 19.8. The minimum atomic E-state index is 0.140. The molecule has 3 heteroatoms. The van der Waals surface area contributed by atoms with Gasteiger partial charge in [-0.3, -0.25) is 9.69 Å². The highest BCUT2D eigenvalue weighted by atomic mass is 79.9. The zero-order valence-corrected chi connectivity index (χ0v) is 17.4. The lowest BCUT2D eigenvalue weighted by Crippen LogP contribution is -2.35. The van der Waals surface area contributed by atoms with E-state index in [1.807, 2.05) is 37.3 Å². The highest BCUT2D eigenvalue weighted by Crippen LogP contribution is 2.25. The van der Waals surface area contributed by atoms with E-state index in [1.54, 1.807) is 6.08 Å². The van der Waals surface area contributed by atoms with Gasteiger partial charge in [0.25, 0.3) is 0 Å². The van der Waals surface area contributed by atoms with Gasteiger partial charge in [0.15, 0.2) is 5.78 Å². The summed E-state index contributed by atoms with van der Waals surface area (Å²) in [6.07, 6.45) is 5.60. The fourth-order valence-electron chi connectivity index (χ4n) is 3.55. The summed E-state index contributed by atoms with van der Waals surface area (Å²) >= 11 is 3.57. The molecule has 2 aromatic carbocycles. The number of carbonyl (C=O) groups excluding carboxylic acids is 1. The van der Waals surface area contributed by atoms with Crippen LogP contribution < -0.4 is 0 Å². The van der Waals surface area contributed by atoms with Crippen molar-refractivity contribution in [2.24, 2.45) is 5.92 Å². The Morgan fingerprint density at radius 2 is 1.59 bits per heavy atom. The first-order valence-electron chi connectivity index (χ1n) is 9.53. The Morgan fingerprint density at radius 3 is 2.19 bits per heavy atom. The van der Waals surface area contributed by atoms with Crippen LogP contribution in [0.2, 0.25) is 0 Å². The molecule has 0 saturated carbocycles. The smallest absolute Gasteiger partial charge is 0.158 e. The van der Waals surface area contributed by atoms with Gasteiger partial charge in [0.1, 0.15) is 0 Å². The van der Waals surface area contributed by atoms with Gasteiger partial charge in [0.2, 0.25) is 0 Å². The van der Waals surface area contributed by atoms with Crippen molar-refractivity contribution in [1.29, 1.82) is 0 Å². The Bertz CT molecular complexity index is 799. The standard InChI is InChI=1S/C24H26BrNO/c1-19(25)23(21-10-6-3-7-11-21)12-13-24(27)22-14-16-26(17-15-22)18-20-8-4-2-5-9-20/h2-13,22H,14-18H2,1H3. The van der Waals surface area contributed by atoms with E-state index >= 15 is 0 Å². The van der Waals surface area contributed by atoms with Crippen LogP contribution in [0.3, 0.4) is 0 Å². The molecule has 2 aromatic rings. The summed E-state index contributed by atoms with van der Waals surface area (Å²) in [6, 6.07) is 20.7. The summed E-state index contributed by atoms with van der Waals surface area (Å²) in [5.41, 5.74) is 3.52. The highest BCUT2D eigenvalue weighted by molar-refractivity contribution is 9.11. The van der Waals surface area contributed by atoms with E-state index in [9.17, 15) is 4.79 Å². The predicted octanol–water partition coefficient (Wildman–Crippen LogP) is 5.85. The van der Waals surface area contributed by atoms with Crippen LogP contribution in [0.5, 0.6) is 0 Å². The molecule has 1 aliphatic rings. The maximum atomic E-state index is 12.7. The van der Waals surface area contributed by atoms with Crippen molar-refractivity contribution < 1.29 is 4.79 Å². The Hall–Kier alpha value is -1.97. The number of piperidine rings is 1. The minimum absolute atomic E-state index is 0.140. The van der Waals surface area contributed by atoms with Crippen molar-refractivity contribution in [2.75, 3.05) is 13.1 Å². The Labute approximate surface area is 170 Å². The lowest BCUT2D eigenvalue weighted by molar-refractivity contribution is -0.119. The average Bonchev–Trinajstić information content (AvgIpc) is 2.70. The van der Waals surface area contributed by atoms with Crippen LogP contribution in [0.15, 0.2) is 77.3 Å². The van der Waals surface area contributed by atoms with Crippen molar-refractivity contribution >= 4 is 27.3 Å². The molecule has 1 heterocycles. The Kier molecular flexibility index (Phi) is 7.19. The average molecular weight is 424 g/mol. The molecule has 0 bridgehead atoms. The molecule has 0 atom stereocenters. The van der Waals surface area contributed by atoms with Gasteiger partial charge in [0.05, 0.1) is 0 Å². The van der Waals surface area contributed by atoms with E-state index in [1.165, 1.54) is 5.56 Å². The maximum absolute atomic E-state index is 12.7. The van der Waals surface area contributed by atoms with Crippen molar-refractivity contribution in [3.63, 3.8) is 0 Å². The summed E-state index contributed by atoms with van der Waals surface area (Å²) in [6.45, 7) is 4.95. The van der Waals surface area contributed by atoms with E-state index < -0.39 is 0 Å². The molecule has 0 N–H and O–H groups in total. The molecular weight excluding hydrogens is 398 g/mol. The van der Waals surface area contributed by atoms with Gasteiger partial charge in [-0.05, 0) is 60.1 Å². The SMILES string of the molecule is CC(Br)=C(C=CC(=O)C1CCN(Cc2ccccc2)CC1)c1ccccc1. The molecule has 140 valence electrons. The summed E-state index contributed by atoms with van der Waals surface area (Å²) in [5, 5.41) is 0. The summed E-state index contributed by atoms with van der Waals surface area (Å²) in [7, 11) is 0. The molecule has 1 fully saturated rings. The normalized spacial score (nSPS) is 17.1. The minimum Gasteiger partial charge on any atom is -0.299 e. The number of allylic oxidation sites excluding steroid dienone is 4. The van der Waals surface area contributed by atoms with Gasteiger partial charge in [0, 0.05) is 12.5 Å². The van der Waals surface area contributed by atoms with Crippen molar-refractivity contribution in [1.82, 2.24) is 4.90 Å². The van der Waals surface area contributed by atoms with Gasteiger partial charge >= 0.3 is 0 Å². The number of nitrogens with zero attached hydrogens (tertiary/aromatic N) is 1. The summed E-state index contributed by atoms with van der Waals surface area (Å²) in [5.74, 6) is 0.387. The van der Waals surface area contributed by atoms with Crippen LogP contribution in [0.25, 0.3) is 5.57 Å². The lowest BCUT2D eigenvalue weighted by Gasteiger charge is -2.30. The van der Waals surface area contributed by atoms with Gasteiger partial charge in [-0.2, -0.15) is 0 Å². The molecule has 27 heavy (non-hydrogen) atoms. The summed E-state index contributed by atoms with van der Waals surface area (Å²) < 4.78 is 1.04. The van der Waals surface area contributed by atoms with Crippen LogP contribution >= 0.6 is 15.9 Å². The van der Waals surface area contributed by atoms with Gasteiger partial charge in [-0.15, -0.1) is 0 Å². The van der Waals surface area contributed by atoms with E-state index in [4.69, 9.17) is 0 Å². The van der Waals surface area contributed by atoms with E-state index in [0.29, 0.717) is 0 Å². The number of ketones is 1. The fraction of sp³-hybridized carbons (Fsp3) is 0.292. The van der Waals surface area contributed by atoms with Crippen molar-refractivity contribution in [3.8, 4) is 0 Å². The number of hydrogen-bond donors (Lipinski definition) is 0. The number of benzene rings is 2. The zero-order chi connectivity index (χ0) is 19.1. The molecule has 0 spiro atoms. The third-order valence-corrected chi connectivity index (χ3v) is 5.54. The second-order valence-corrected chi connectivity index (χ2v) is 8.27. The van der Waals surface area contributed by atoms with Crippen LogP contribution in [0.1, 0.15) is 30.9 Å². The molecule has 0 unspecified atom stereocenters. The quantitative estimate of drug-likeness (QED) is 0.428. The van der Waals surface area contributed by atoms with Crippen LogP contribution in [0.4, 0.5) is 0 Å². The second-order valence-electron chi connectivity index (χ2n) is 7.08. The Morgan fingerprint density at radius 1 is 1.00 bits per heavy atom. The first-order chi connectivity index (χ1) is 13.1. The third-order valence-electron chi connectivity index (χ3n) is 5.11. The number of hydrogen-bond acceptors (Lipinski definition) is 2. The van der Waals surface area contributed by atoms with Crippen LogP contribution in [0, 0.1) is 5.92 Å². The van der Waals surface area contributed by atoms with E-state index in [-0.39, 0.29) is 11.7 Å². The molecule has 0 aromatic heterocycles. The monoisotopic (exact) mass is 423 g/mol. The van der Waals surface area contributed by atoms with E-state index in [0.717, 1.165) is 48.1 Å². The predicted molar refractivity (Wildman–Crippen MR) is 117 cm³/mol. The first-order valence-corrected chi connectivity index (χ1v) is 10.3. The highest BCUT2D eigenvalue weighted by Gasteiger charge is 2.23. The third kappa shape index (κ3) is 5.75. The molecule has 2 nitrogen and oxygen atoms in total. The second kappa shape index (κ2) is 9.82. The number of likely N-dealkylation sites (tertiary alicyclic amines) is 1. The van der Waals surface area contributed by atoms with Crippen molar-refractivity contribution in [2.45, 2.75) is 26.3 Å². The van der Waals surface area contributed by atoms with Crippen LogP contribution in [-0.4, -0.2) is 23.8 Å². The number of carbonyl (C=O) groups is 1. The largest absolute Gasteiger partial charge is 0.299 e. The Balaban J connectivity index is 1.56. The van der Waals surface area contributed by atoms with Gasteiger partial charge in [-0.1, -0.05) is 82.7 Å². The zero-order valence-electron chi connectivity index (χ0n) is 15.8. The molecule has 1 saturated heterocycles. The molecule has 0 amide bonds. The molecule has 3 rings (SSSR count). The topological polar surface area (TPSA) is 20.3 Å². The fourth-order valence-corrected chi connectivity index (χ4v) is 3.91. The van der Waals surface area contributed by atoms with Crippen LogP contribution in [-0.2, 0) is 11.3 Å². The number of rotatable bonds is 6. The molecule has 0 aliphatic carbocycles. The van der Waals surface area contributed by atoms with E-state index in [2.05, 4.69) is 57.2 Å². The van der Waals surface area contributed by atoms with Gasteiger partial charge in [-0.25, -0.2) is 0 Å². The van der Waals surface area contributed by atoms with Crippen molar-refractivity contribution in [3.05, 3.63) is 88.4 Å².